The van der Waals surface area contributed by atoms with Gasteiger partial charge in [-0.15, -0.1) is 0 Å². The predicted octanol–water partition coefficient (Wildman–Crippen LogP) is 2.35. The Balaban J connectivity index is 1.30. The number of likely N-dealkylation sites (tertiary alicyclic amines) is 1. The van der Waals surface area contributed by atoms with Gasteiger partial charge in [0, 0.05) is 58.1 Å². The number of aliphatic hydroxyl groups excluding tert-OH is 1. The molecule has 0 spiro atoms. The topological polar surface area (TPSA) is 42.8 Å². The summed E-state index contributed by atoms with van der Waals surface area (Å²) in [6.45, 7) is 8.67. The first-order chi connectivity index (χ1) is 13.7. The van der Waals surface area contributed by atoms with Crippen molar-refractivity contribution in [1.82, 2.24) is 14.8 Å². The maximum atomic E-state index is 10.7. The highest BCUT2D eigenvalue weighted by Gasteiger charge is 2.36. The van der Waals surface area contributed by atoms with Crippen molar-refractivity contribution in [2.45, 2.75) is 19.1 Å². The van der Waals surface area contributed by atoms with Gasteiger partial charge in [0.05, 0.1) is 6.10 Å². The van der Waals surface area contributed by atoms with Gasteiger partial charge in [-0.05, 0) is 24.6 Å². The maximum Gasteiger partial charge on any atom is 0.128 e. The van der Waals surface area contributed by atoms with Crippen LogP contribution in [-0.4, -0.2) is 77.8 Å². The minimum absolute atomic E-state index is 0.232. The SMILES string of the molecule is C/C(=C\c1ccccc1)CN1C[C@H](O)[C@@H](N2CCN(c3ccccn3)CC2)C1. The molecule has 3 heterocycles. The van der Waals surface area contributed by atoms with E-state index in [9.17, 15) is 5.11 Å². The third-order valence-electron chi connectivity index (χ3n) is 5.78. The third-order valence-corrected chi connectivity index (χ3v) is 5.78. The summed E-state index contributed by atoms with van der Waals surface area (Å²) in [5.41, 5.74) is 2.57. The molecule has 0 unspecified atom stereocenters. The van der Waals surface area contributed by atoms with E-state index >= 15 is 0 Å². The monoisotopic (exact) mass is 378 g/mol. The molecule has 1 aromatic heterocycles. The van der Waals surface area contributed by atoms with Gasteiger partial charge in [0.25, 0.3) is 0 Å². The number of rotatable bonds is 5. The first kappa shape index (κ1) is 19.1. The number of anilines is 1. The molecular weight excluding hydrogens is 348 g/mol. The van der Waals surface area contributed by atoms with Crippen molar-refractivity contribution < 1.29 is 5.11 Å². The van der Waals surface area contributed by atoms with E-state index in [2.05, 4.69) is 63.0 Å². The summed E-state index contributed by atoms with van der Waals surface area (Å²) in [5, 5.41) is 10.7. The number of hydrogen-bond acceptors (Lipinski definition) is 5. The summed E-state index contributed by atoms with van der Waals surface area (Å²) in [6, 6.07) is 16.7. The van der Waals surface area contributed by atoms with Gasteiger partial charge >= 0.3 is 0 Å². The highest BCUT2D eigenvalue weighted by Crippen LogP contribution is 2.21. The lowest BCUT2D eigenvalue weighted by atomic mass is 10.1. The molecule has 0 bridgehead atoms. The zero-order valence-electron chi connectivity index (χ0n) is 16.6. The predicted molar refractivity (Wildman–Crippen MR) is 114 cm³/mol. The highest BCUT2D eigenvalue weighted by molar-refractivity contribution is 5.52. The van der Waals surface area contributed by atoms with Gasteiger partial charge in [-0.25, -0.2) is 4.98 Å². The minimum atomic E-state index is -0.272. The minimum Gasteiger partial charge on any atom is -0.390 e. The molecule has 0 amide bonds. The zero-order valence-corrected chi connectivity index (χ0v) is 16.6. The Labute approximate surface area is 167 Å². The van der Waals surface area contributed by atoms with Crippen LogP contribution in [0.2, 0.25) is 0 Å². The Kier molecular flexibility index (Phi) is 6.05. The molecule has 2 aliphatic heterocycles. The molecule has 28 heavy (non-hydrogen) atoms. The van der Waals surface area contributed by atoms with Gasteiger partial charge in [-0.1, -0.05) is 48.0 Å². The Morgan fingerprint density at radius 2 is 1.79 bits per heavy atom. The molecule has 1 aromatic carbocycles. The number of piperazine rings is 1. The largest absolute Gasteiger partial charge is 0.390 e. The number of hydrogen-bond donors (Lipinski definition) is 1. The number of benzene rings is 1. The molecule has 5 heteroatoms. The second kappa shape index (κ2) is 8.86. The van der Waals surface area contributed by atoms with Crippen molar-refractivity contribution in [1.29, 1.82) is 0 Å². The van der Waals surface area contributed by atoms with Crippen LogP contribution in [-0.2, 0) is 0 Å². The van der Waals surface area contributed by atoms with E-state index in [1.807, 2.05) is 24.4 Å². The summed E-state index contributed by atoms with van der Waals surface area (Å²) in [6.07, 6.45) is 3.82. The molecule has 2 fully saturated rings. The molecule has 2 atom stereocenters. The first-order valence-corrected chi connectivity index (χ1v) is 10.2. The van der Waals surface area contributed by atoms with E-state index in [1.54, 1.807) is 0 Å². The van der Waals surface area contributed by atoms with Crippen LogP contribution < -0.4 is 4.90 Å². The Morgan fingerprint density at radius 1 is 1.04 bits per heavy atom. The number of nitrogens with zero attached hydrogens (tertiary/aromatic N) is 4. The van der Waals surface area contributed by atoms with Crippen LogP contribution in [0, 0.1) is 0 Å². The average molecular weight is 379 g/mol. The van der Waals surface area contributed by atoms with Crippen molar-refractivity contribution in [2.75, 3.05) is 50.7 Å². The molecule has 148 valence electrons. The Morgan fingerprint density at radius 3 is 2.50 bits per heavy atom. The van der Waals surface area contributed by atoms with Gasteiger partial charge < -0.3 is 10.0 Å². The van der Waals surface area contributed by atoms with Gasteiger partial charge in [-0.3, -0.25) is 9.80 Å². The molecule has 0 radical (unpaired) electrons. The molecule has 2 aliphatic rings. The normalized spacial score (nSPS) is 24.6. The summed E-state index contributed by atoms with van der Waals surface area (Å²) in [4.78, 5) is 11.6. The summed E-state index contributed by atoms with van der Waals surface area (Å²) in [7, 11) is 0. The van der Waals surface area contributed by atoms with Gasteiger partial charge in [-0.2, -0.15) is 0 Å². The average Bonchev–Trinajstić information content (AvgIpc) is 3.09. The fourth-order valence-corrected chi connectivity index (χ4v) is 4.39. The molecular formula is C23H30N4O. The van der Waals surface area contributed by atoms with Crippen molar-refractivity contribution in [2.24, 2.45) is 0 Å². The Bertz CT molecular complexity index is 772. The fourth-order valence-electron chi connectivity index (χ4n) is 4.39. The summed E-state index contributed by atoms with van der Waals surface area (Å²) < 4.78 is 0. The second-order valence-corrected chi connectivity index (χ2v) is 7.94. The number of aromatic nitrogens is 1. The van der Waals surface area contributed by atoms with Crippen LogP contribution in [0.25, 0.3) is 6.08 Å². The molecule has 0 saturated carbocycles. The molecule has 0 aliphatic carbocycles. The lowest BCUT2D eigenvalue weighted by molar-refractivity contribution is 0.0790. The smallest absolute Gasteiger partial charge is 0.128 e. The van der Waals surface area contributed by atoms with Crippen LogP contribution in [0.4, 0.5) is 5.82 Å². The van der Waals surface area contributed by atoms with Gasteiger partial charge in [0.1, 0.15) is 5.82 Å². The molecule has 2 aromatic rings. The van der Waals surface area contributed by atoms with Crippen molar-refractivity contribution in [3.63, 3.8) is 0 Å². The number of aliphatic hydroxyl groups is 1. The third kappa shape index (κ3) is 4.61. The fraction of sp³-hybridized carbons (Fsp3) is 0.435. The molecule has 4 rings (SSSR count). The van der Waals surface area contributed by atoms with E-state index in [1.165, 1.54) is 11.1 Å². The van der Waals surface area contributed by atoms with E-state index in [0.717, 1.165) is 51.6 Å². The standard InChI is InChI=1S/C23H30N4O/c1-19(15-20-7-3-2-4-8-20)16-25-17-21(22(28)18-25)26-11-13-27(14-12-26)23-9-5-6-10-24-23/h2-10,15,21-22,28H,11-14,16-18H2,1H3/b19-15+/t21-,22-/m0/s1. The van der Waals surface area contributed by atoms with Crippen molar-refractivity contribution in [3.05, 3.63) is 65.9 Å². The lowest BCUT2D eigenvalue weighted by Gasteiger charge is -2.39. The zero-order chi connectivity index (χ0) is 19.3. The van der Waals surface area contributed by atoms with Crippen LogP contribution in [0.1, 0.15) is 12.5 Å². The van der Waals surface area contributed by atoms with E-state index < -0.39 is 0 Å². The van der Waals surface area contributed by atoms with Crippen LogP contribution >= 0.6 is 0 Å². The van der Waals surface area contributed by atoms with E-state index in [0.29, 0.717) is 0 Å². The van der Waals surface area contributed by atoms with Gasteiger partial charge in [0.2, 0.25) is 0 Å². The summed E-state index contributed by atoms with van der Waals surface area (Å²) >= 11 is 0. The van der Waals surface area contributed by atoms with Crippen LogP contribution in [0.15, 0.2) is 60.3 Å². The van der Waals surface area contributed by atoms with E-state index in [4.69, 9.17) is 0 Å². The number of β-amino-alcohol motifs (C(OH)–C–C–N with tert-alkyl or cyclic N) is 1. The second-order valence-electron chi connectivity index (χ2n) is 7.94. The van der Waals surface area contributed by atoms with Crippen LogP contribution in [0.5, 0.6) is 0 Å². The van der Waals surface area contributed by atoms with Crippen molar-refractivity contribution >= 4 is 11.9 Å². The Hall–Kier alpha value is -2.21. The van der Waals surface area contributed by atoms with Crippen molar-refractivity contribution in [3.8, 4) is 0 Å². The first-order valence-electron chi connectivity index (χ1n) is 10.2. The molecule has 5 nitrogen and oxygen atoms in total. The maximum absolute atomic E-state index is 10.7. The quantitative estimate of drug-likeness (QED) is 0.865. The van der Waals surface area contributed by atoms with Gasteiger partial charge in [0.15, 0.2) is 0 Å². The molecule has 2 saturated heterocycles. The highest BCUT2D eigenvalue weighted by atomic mass is 16.3. The number of pyridine rings is 1. The lowest BCUT2D eigenvalue weighted by Crippen LogP contribution is -2.54. The van der Waals surface area contributed by atoms with Crippen LogP contribution in [0.3, 0.4) is 0 Å². The van der Waals surface area contributed by atoms with E-state index in [-0.39, 0.29) is 12.1 Å². The molecule has 1 N–H and O–H groups in total. The summed E-state index contributed by atoms with van der Waals surface area (Å²) in [5.74, 6) is 1.05.